The number of carbonyl (C=O) groups excluding carboxylic acids is 1. The number of ether oxygens (including phenoxy) is 1. The number of rotatable bonds is 6. The first-order chi connectivity index (χ1) is 11.3. The van der Waals surface area contributed by atoms with E-state index in [-0.39, 0.29) is 38.6 Å². The third kappa shape index (κ3) is 4.94. The third-order valence-electron chi connectivity index (χ3n) is 4.11. The Morgan fingerprint density at radius 1 is 1.42 bits per heavy atom. The lowest BCUT2D eigenvalue weighted by Gasteiger charge is -2.42. The van der Waals surface area contributed by atoms with Crippen LogP contribution in [0.15, 0.2) is 18.2 Å². The number of piperidine rings is 1. The number of aliphatic hydroxyl groups is 2. The molecule has 134 valence electrons. The monoisotopic (exact) mass is 344 g/mol. The molecule has 8 heteroatoms. The van der Waals surface area contributed by atoms with Gasteiger partial charge in [-0.3, -0.25) is 9.69 Å². The molecule has 1 heterocycles. The minimum absolute atomic E-state index is 0.0845. The topological polar surface area (TPSA) is 82.0 Å². The van der Waals surface area contributed by atoms with Gasteiger partial charge in [0.2, 0.25) is 5.91 Å². The number of nitrogens with zero attached hydrogens (tertiary/aromatic N) is 1. The molecule has 2 atom stereocenters. The van der Waals surface area contributed by atoms with Crippen LogP contribution in [0, 0.1) is 11.6 Å². The Balaban J connectivity index is 1.90. The lowest BCUT2D eigenvalue weighted by atomic mass is 9.88. The van der Waals surface area contributed by atoms with E-state index in [1.165, 1.54) is 19.2 Å². The van der Waals surface area contributed by atoms with E-state index in [0.29, 0.717) is 12.1 Å². The fourth-order valence-corrected chi connectivity index (χ4v) is 2.77. The van der Waals surface area contributed by atoms with Crippen molar-refractivity contribution >= 4 is 5.91 Å². The van der Waals surface area contributed by atoms with Gasteiger partial charge in [0.15, 0.2) is 0 Å². The second-order valence-electron chi connectivity index (χ2n) is 6.09. The molecule has 0 bridgehead atoms. The fourth-order valence-electron chi connectivity index (χ4n) is 2.77. The quantitative estimate of drug-likeness (QED) is 0.678. The van der Waals surface area contributed by atoms with Crippen LogP contribution in [-0.4, -0.2) is 66.1 Å². The van der Waals surface area contributed by atoms with Crippen LogP contribution in [0.3, 0.4) is 0 Å². The summed E-state index contributed by atoms with van der Waals surface area (Å²) in [5.41, 5.74) is -0.980. The van der Waals surface area contributed by atoms with Crippen LogP contribution < -0.4 is 5.32 Å². The maximum Gasteiger partial charge on any atom is 0.246 e. The summed E-state index contributed by atoms with van der Waals surface area (Å²) in [5, 5.41) is 23.2. The average molecular weight is 344 g/mol. The standard InChI is InChI=1S/C16H22F2N2O4/c1-24-9-15(22)19-10-16(23)2-3-20(8-14(16)21)7-11-4-12(17)6-13(18)5-11/h4-6,14,21,23H,2-3,7-10H2,1H3,(H,19,22)/t14-,16-/m1/s1. The number of β-amino-alcohol motifs (C(OH)–C–C–N with tert-alkyl or cyclic N) is 1. The minimum Gasteiger partial charge on any atom is -0.389 e. The molecule has 24 heavy (non-hydrogen) atoms. The van der Waals surface area contributed by atoms with E-state index < -0.39 is 23.3 Å². The van der Waals surface area contributed by atoms with Gasteiger partial charge in [-0.25, -0.2) is 8.78 Å². The van der Waals surface area contributed by atoms with Gasteiger partial charge in [0, 0.05) is 39.4 Å². The Morgan fingerprint density at radius 2 is 2.08 bits per heavy atom. The predicted octanol–water partition coefficient (Wildman–Crippen LogP) is 0.0251. The second kappa shape index (κ2) is 7.98. The maximum absolute atomic E-state index is 13.2. The summed E-state index contributed by atoms with van der Waals surface area (Å²) in [7, 11) is 1.39. The summed E-state index contributed by atoms with van der Waals surface area (Å²) in [4.78, 5) is 13.2. The Labute approximate surface area is 139 Å². The van der Waals surface area contributed by atoms with Crippen LogP contribution in [0.5, 0.6) is 0 Å². The Morgan fingerprint density at radius 3 is 2.67 bits per heavy atom. The van der Waals surface area contributed by atoms with Crippen molar-refractivity contribution in [3.63, 3.8) is 0 Å². The van der Waals surface area contributed by atoms with E-state index in [1.807, 2.05) is 0 Å². The first kappa shape index (κ1) is 18.7. The molecule has 0 spiro atoms. The highest BCUT2D eigenvalue weighted by Crippen LogP contribution is 2.24. The number of hydrogen-bond donors (Lipinski definition) is 3. The SMILES string of the molecule is COCC(=O)NC[C@]1(O)CCN(Cc2cc(F)cc(F)c2)C[C@H]1O. The van der Waals surface area contributed by atoms with E-state index in [0.717, 1.165) is 6.07 Å². The molecule has 1 amide bonds. The smallest absolute Gasteiger partial charge is 0.246 e. The van der Waals surface area contributed by atoms with Crippen molar-refractivity contribution in [3.05, 3.63) is 35.4 Å². The lowest BCUT2D eigenvalue weighted by molar-refractivity contribution is -0.134. The molecule has 2 rings (SSSR count). The summed E-state index contributed by atoms with van der Waals surface area (Å²) in [6.45, 7) is 0.612. The van der Waals surface area contributed by atoms with E-state index in [2.05, 4.69) is 10.1 Å². The summed E-state index contributed by atoms with van der Waals surface area (Å²) in [6.07, 6.45) is -0.869. The van der Waals surface area contributed by atoms with Crippen molar-refractivity contribution in [3.8, 4) is 0 Å². The highest BCUT2D eigenvalue weighted by atomic mass is 19.1. The molecule has 0 aromatic heterocycles. The number of benzene rings is 1. The van der Waals surface area contributed by atoms with Crippen LogP contribution >= 0.6 is 0 Å². The van der Waals surface area contributed by atoms with Gasteiger partial charge in [0.1, 0.15) is 23.8 Å². The van der Waals surface area contributed by atoms with Gasteiger partial charge in [-0.05, 0) is 24.1 Å². The fraction of sp³-hybridized carbons (Fsp3) is 0.562. The first-order valence-electron chi connectivity index (χ1n) is 7.66. The molecule has 3 N–H and O–H groups in total. The van der Waals surface area contributed by atoms with Crippen molar-refractivity contribution in [2.45, 2.75) is 24.7 Å². The zero-order valence-electron chi connectivity index (χ0n) is 13.5. The highest BCUT2D eigenvalue weighted by Gasteiger charge is 2.40. The maximum atomic E-state index is 13.2. The molecule has 1 saturated heterocycles. The summed E-state index contributed by atoms with van der Waals surface area (Å²) < 4.78 is 31.1. The number of carbonyl (C=O) groups is 1. The molecule has 1 fully saturated rings. The van der Waals surface area contributed by atoms with Crippen LogP contribution in [0.25, 0.3) is 0 Å². The zero-order valence-corrected chi connectivity index (χ0v) is 13.5. The third-order valence-corrected chi connectivity index (χ3v) is 4.11. The van der Waals surface area contributed by atoms with E-state index in [9.17, 15) is 23.8 Å². The van der Waals surface area contributed by atoms with Crippen molar-refractivity contribution < 1.29 is 28.5 Å². The normalized spacial score (nSPS) is 24.8. The number of amides is 1. The van der Waals surface area contributed by atoms with Crippen molar-refractivity contribution in [2.24, 2.45) is 0 Å². The van der Waals surface area contributed by atoms with Gasteiger partial charge in [-0.15, -0.1) is 0 Å². The van der Waals surface area contributed by atoms with Crippen molar-refractivity contribution in [1.29, 1.82) is 0 Å². The molecule has 0 radical (unpaired) electrons. The molecule has 1 aliphatic rings. The molecule has 0 aliphatic carbocycles. The zero-order chi connectivity index (χ0) is 17.7. The molecule has 1 aliphatic heterocycles. The van der Waals surface area contributed by atoms with Crippen LogP contribution in [0.1, 0.15) is 12.0 Å². The van der Waals surface area contributed by atoms with Crippen molar-refractivity contribution in [1.82, 2.24) is 10.2 Å². The number of aliphatic hydroxyl groups excluding tert-OH is 1. The van der Waals surface area contributed by atoms with Gasteiger partial charge in [-0.1, -0.05) is 0 Å². The van der Waals surface area contributed by atoms with Gasteiger partial charge in [0.05, 0.1) is 6.10 Å². The molecular formula is C16H22F2N2O4. The minimum atomic E-state index is -1.44. The largest absolute Gasteiger partial charge is 0.389 e. The Bertz CT molecular complexity index is 567. The summed E-state index contributed by atoms with van der Waals surface area (Å²) in [5.74, 6) is -1.68. The molecule has 0 saturated carbocycles. The molecule has 0 unspecified atom stereocenters. The number of methoxy groups -OCH3 is 1. The summed E-state index contributed by atoms with van der Waals surface area (Å²) >= 11 is 0. The molecule has 6 nitrogen and oxygen atoms in total. The number of halogens is 2. The molecule has 1 aromatic rings. The van der Waals surface area contributed by atoms with Gasteiger partial charge in [0.25, 0.3) is 0 Å². The molecular weight excluding hydrogens is 322 g/mol. The van der Waals surface area contributed by atoms with Gasteiger partial charge >= 0.3 is 0 Å². The lowest BCUT2D eigenvalue weighted by Crippen LogP contribution is -2.60. The van der Waals surface area contributed by atoms with E-state index in [1.54, 1.807) is 4.90 Å². The van der Waals surface area contributed by atoms with Crippen LogP contribution in [0.4, 0.5) is 8.78 Å². The van der Waals surface area contributed by atoms with E-state index >= 15 is 0 Å². The Kier molecular flexibility index (Phi) is 6.22. The number of nitrogens with one attached hydrogen (secondary N) is 1. The summed E-state index contributed by atoms with van der Waals surface area (Å²) in [6, 6.07) is 3.28. The first-order valence-corrected chi connectivity index (χ1v) is 7.66. The van der Waals surface area contributed by atoms with Crippen LogP contribution in [-0.2, 0) is 16.1 Å². The second-order valence-corrected chi connectivity index (χ2v) is 6.09. The average Bonchev–Trinajstić information content (AvgIpc) is 2.49. The Hall–Kier alpha value is -1.61. The van der Waals surface area contributed by atoms with E-state index in [4.69, 9.17) is 0 Å². The van der Waals surface area contributed by atoms with Crippen LogP contribution in [0.2, 0.25) is 0 Å². The molecule has 1 aromatic carbocycles. The number of likely N-dealkylation sites (tertiary alicyclic amines) is 1. The predicted molar refractivity (Wildman–Crippen MR) is 82.1 cm³/mol. The van der Waals surface area contributed by atoms with Gasteiger partial charge < -0.3 is 20.3 Å². The highest BCUT2D eigenvalue weighted by molar-refractivity contribution is 5.77. The van der Waals surface area contributed by atoms with Gasteiger partial charge in [-0.2, -0.15) is 0 Å². The number of hydrogen-bond acceptors (Lipinski definition) is 5. The van der Waals surface area contributed by atoms with Crippen molar-refractivity contribution in [2.75, 3.05) is 33.4 Å².